The molecule has 3 aromatic rings. The molecule has 0 unspecified atom stereocenters. The number of allylic oxidation sites excluding steroid dienone is 2. The van der Waals surface area contributed by atoms with Crippen LogP contribution in [-0.4, -0.2) is 11.1 Å². The van der Waals surface area contributed by atoms with Crippen molar-refractivity contribution in [3.8, 4) is 0 Å². The third-order valence-corrected chi connectivity index (χ3v) is 6.86. The molecule has 0 saturated carbocycles. The van der Waals surface area contributed by atoms with Crippen molar-refractivity contribution in [2.75, 3.05) is 5.32 Å². The lowest BCUT2D eigenvalue weighted by atomic mass is 9.75. The van der Waals surface area contributed by atoms with E-state index in [0.29, 0.717) is 11.5 Å². The minimum absolute atomic E-state index is 0.230. The van der Waals surface area contributed by atoms with E-state index < -0.39 is 5.97 Å². The van der Waals surface area contributed by atoms with Gasteiger partial charge in [-0.15, -0.1) is 0 Å². The second kappa shape index (κ2) is 5.71. The van der Waals surface area contributed by atoms with Crippen LogP contribution in [0.25, 0.3) is 10.8 Å². The first-order valence-electron chi connectivity index (χ1n) is 10.0. The van der Waals surface area contributed by atoms with Crippen LogP contribution in [-0.2, 0) is 12.8 Å². The molecule has 0 aromatic heterocycles. The molecule has 0 bridgehead atoms. The first kappa shape index (κ1) is 15.9. The van der Waals surface area contributed by atoms with Crippen LogP contribution in [0.1, 0.15) is 51.0 Å². The van der Waals surface area contributed by atoms with Gasteiger partial charge in [-0.25, -0.2) is 4.79 Å². The summed E-state index contributed by atoms with van der Waals surface area (Å²) in [5.74, 6) is -0.186. The third kappa shape index (κ3) is 2.13. The average Bonchev–Trinajstić information content (AvgIpc) is 3.36. The standard InChI is InChI=1S/C25H21NO2/c27-25(28)16-10-12-22-21(13-16)17-4-2-6-19(17)24(26-22)20-11-9-15-8-7-14-3-1-5-18(20)23(14)15/h1-5,9-13,17,19,24,26H,6-8H2,(H,27,28)/t17-,19-,24+/m1/s1. The lowest BCUT2D eigenvalue weighted by Crippen LogP contribution is -2.29. The fourth-order valence-corrected chi connectivity index (χ4v) is 5.58. The van der Waals surface area contributed by atoms with E-state index in [4.69, 9.17) is 0 Å². The largest absolute Gasteiger partial charge is 0.478 e. The van der Waals surface area contributed by atoms with Gasteiger partial charge in [-0.2, -0.15) is 0 Å². The number of hydrogen-bond donors (Lipinski definition) is 2. The molecule has 6 rings (SSSR count). The summed E-state index contributed by atoms with van der Waals surface area (Å²) in [5.41, 5.74) is 6.85. The number of anilines is 1. The summed E-state index contributed by atoms with van der Waals surface area (Å²) in [7, 11) is 0. The molecule has 0 saturated heterocycles. The van der Waals surface area contributed by atoms with E-state index in [9.17, 15) is 9.90 Å². The Morgan fingerprint density at radius 1 is 1.00 bits per heavy atom. The van der Waals surface area contributed by atoms with Crippen molar-refractivity contribution in [2.24, 2.45) is 5.92 Å². The number of nitrogens with one attached hydrogen (secondary N) is 1. The van der Waals surface area contributed by atoms with E-state index in [1.807, 2.05) is 12.1 Å². The van der Waals surface area contributed by atoms with Crippen LogP contribution < -0.4 is 5.32 Å². The Kier molecular flexibility index (Phi) is 3.25. The Bertz CT molecular complexity index is 1170. The van der Waals surface area contributed by atoms with Crippen LogP contribution in [0.4, 0.5) is 5.69 Å². The summed E-state index contributed by atoms with van der Waals surface area (Å²) < 4.78 is 0. The maximum atomic E-state index is 11.4. The number of benzene rings is 3. The number of fused-ring (bicyclic) bond motifs is 3. The van der Waals surface area contributed by atoms with Gasteiger partial charge in [0.15, 0.2) is 0 Å². The Morgan fingerprint density at radius 3 is 2.71 bits per heavy atom. The zero-order chi connectivity index (χ0) is 18.8. The van der Waals surface area contributed by atoms with Gasteiger partial charge < -0.3 is 10.4 Å². The number of rotatable bonds is 2. The molecule has 0 radical (unpaired) electrons. The molecule has 1 aliphatic heterocycles. The first-order valence-corrected chi connectivity index (χ1v) is 10.0. The maximum absolute atomic E-state index is 11.4. The highest BCUT2D eigenvalue weighted by Crippen LogP contribution is 2.51. The molecule has 2 aliphatic carbocycles. The molecule has 138 valence electrons. The molecule has 3 heteroatoms. The first-order chi connectivity index (χ1) is 13.7. The van der Waals surface area contributed by atoms with Crippen molar-refractivity contribution in [3.05, 3.63) is 88.5 Å². The van der Waals surface area contributed by atoms with Crippen LogP contribution in [0, 0.1) is 5.92 Å². The molecule has 3 aliphatic rings. The van der Waals surface area contributed by atoms with Gasteiger partial charge in [0.2, 0.25) is 0 Å². The highest BCUT2D eigenvalue weighted by molar-refractivity contribution is 5.94. The van der Waals surface area contributed by atoms with Gasteiger partial charge >= 0.3 is 5.97 Å². The smallest absolute Gasteiger partial charge is 0.335 e. The molecule has 0 fully saturated rings. The molecule has 1 heterocycles. The topological polar surface area (TPSA) is 49.3 Å². The molecular formula is C25H21NO2. The van der Waals surface area contributed by atoms with Crippen molar-refractivity contribution in [1.29, 1.82) is 0 Å². The minimum Gasteiger partial charge on any atom is -0.478 e. The Balaban J connectivity index is 1.51. The quantitative estimate of drug-likeness (QED) is 0.591. The van der Waals surface area contributed by atoms with Crippen molar-refractivity contribution in [1.82, 2.24) is 0 Å². The summed E-state index contributed by atoms with van der Waals surface area (Å²) in [5, 5.41) is 16.0. The Labute approximate surface area is 163 Å². The SMILES string of the molecule is O=C(O)c1ccc2c(c1)[C@@H]1C=CC[C@H]1[C@@H](c1ccc3c4c(cccc14)CC3)N2. The van der Waals surface area contributed by atoms with Crippen molar-refractivity contribution in [3.63, 3.8) is 0 Å². The number of hydrogen-bond acceptors (Lipinski definition) is 2. The minimum atomic E-state index is -0.865. The fraction of sp³-hybridized carbons (Fsp3) is 0.240. The van der Waals surface area contributed by atoms with Crippen LogP contribution in [0.3, 0.4) is 0 Å². The molecule has 3 aromatic carbocycles. The Morgan fingerprint density at radius 2 is 1.86 bits per heavy atom. The zero-order valence-electron chi connectivity index (χ0n) is 15.5. The predicted octanol–water partition coefficient (Wildman–Crippen LogP) is 5.46. The van der Waals surface area contributed by atoms with Gasteiger partial charge in [-0.05, 0) is 76.4 Å². The molecule has 0 spiro atoms. The molecule has 3 nitrogen and oxygen atoms in total. The molecular weight excluding hydrogens is 346 g/mol. The number of aryl methyl sites for hydroxylation is 2. The van der Waals surface area contributed by atoms with Gasteiger partial charge in [-0.1, -0.05) is 42.5 Å². The number of aromatic carboxylic acids is 1. The highest BCUT2D eigenvalue weighted by atomic mass is 16.4. The second-order valence-electron chi connectivity index (χ2n) is 8.24. The van der Waals surface area contributed by atoms with Crippen LogP contribution >= 0.6 is 0 Å². The summed E-state index contributed by atoms with van der Waals surface area (Å²) in [6, 6.07) is 17.1. The van der Waals surface area contributed by atoms with E-state index in [-0.39, 0.29) is 12.0 Å². The van der Waals surface area contributed by atoms with E-state index >= 15 is 0 Å². The second-order valence-corrected chi connectivity index (χ2v) is 8.24. The van der Waals surface area contributed by atoms with Crippen LogP contribution in [0.5, 0.6) is 0 Å². The number of carbonyl (C=O) groups is 1. The van der Waals surface area contributed by atoms with E-state index in [2.05, 4.69) is 47.8 Å². The molecule has 3 atom stereocenters. The van der Waals surface area contributed by atoms with Crippen molar-refractivity contribution in [2.45, 2.75) is 31.2 Å². The normalized spacial score (nSPS) is 24.1. The van der Waals surface area contributed by atoms with E-state index in [1.165, 1.54) is 27.5 Å². The maximum Gasteiger partial charge on any atom is 0.335 e. The van der Waals surface area contributed by atoms with Gasteiger partial charge in [0, 0.05) is 11.6 Å². The lowest BCUT2D eigenvalue weighted by molar-refractivity contribution is 0.0696. The summed E-state index contributed by atoms with van der Waals surface area (Å²) in [6.07, 6.45) is 7.82. The highest BCUT2D eigenvalue weighted by Gasteiger charge is 2.39. The number of carboxylic acids is 1. The number of carboxylic acid groups (broad SMARTS) is 1. The van der Waals surface area contributed by atoms with Gasteiger partial charge in [0.25, 0.3) is 0 Å². The van der Waals surface area contributed by atoms with Gasteiger partial charge in [-0.3, -0.25) is 0 Å². The molecule has 2 N–H and O–H groups in total. The van der Waals surface area contributed by atoms with E-state index in [0.717, 1.165) is 30.5 Å². The molecule has 0 amide bonds. The third-order valence-electron chi connectivity index (χ3n) is 6.86. The summed E-state index contributed by atoms with van der Waals surface area (Å²) >= 11 is 0. The predicted molar refractivity (Wildman–Crippen MR) is 111 cm³/mol. The van der Waals surface area contributed by atoms with Crippen molar-refractivity contribution >= 4 is 22.4 Å². The average molecular weight is 367 g/mol. The van der Waals surface area contributed by atoms with E-state index in [1.54, 1.807) is 6.07 Å². The van der Waals surface area contributed by atoms with Gasteiger partial charge in [0.1, 0.15) is 0 Å². The lowest BCUT2D eigenvalue weighted by Gasteiger charge is -2.38. The van der Waals surface area contributed by atoms with Crippen molar-refractivity contribution < 1.29 is 9.90 Å². The van der Waals surface area contributed by atoms with Gasteiger partial charge in [0.05, 0.1) is 11.6 Å². The van der Waals surface area contributed by atoms with Crippen LogP contribution in [0.15, 0.2) is 60.7 Å². The van der Waals surface area contributed by atoms with Crippen LogP contribution in [0.2, 0.25) is 0 Å². The molecule has 28 heavy (non-hydrogen) atoms. The summed E-state index contributed by atoms with van der Waals surface area (Å²) in [6.45, 7) is 0. The fourth-order valence-electron chi connectivity index (χ4n) is 5.58. The zero-order valence-corrected chi connectivity index (χ0v) is 15.5. The summed E-state index contributed by atoms with van der Waals surface area (Å²) in [4.78, 5) is 11.4. The monoisotopic (exact) mass is 367 g/mol. The Hall–Kier alpha value is -3.07.